The summed E-state index contributed by atoms with van der Waals surface area (Å²) in [5, 5.41) is 16.3. The molecule has 1 amide bonds. The lowest BCUT2D eigenvalue weighted by atomic mass is 10.2. The first-order valence-corrected chi connectivity index (χ1v) is 5.94. The fourth-order valence-electron chi connectivity index (χ4n) is 1.48. The van der Waals surface area contributed by atoms with Crippen molar-refractivity contribution < 1.29 is 14.5 Å². The van der Waals surface area contributed by atoms with E-state index in [9.17, 15) is 14.9 Å². The highest BCUT2D eigenvalue weighted by Crippen LogP contribution is 2.29. The first kappa shape index (κ1) is 14.9. The van der Waals surface area contributed by atoms with Crippen LogP contribution >= 0.6 is 0 Å². The van der Waals surface area contributed by atoms with Crippen LogP contribution in [0.4, 0.5) is 11.4 Å². The number of nitrogens with zero attached hydrogens (tertiary/aromatic N) is 1. The molecule has 0 aliphatic carbocycles. The molecule has 0 saturated carbocycles. The topological polar surface area (TPSA) is 93.5 Å². The first-order valence-electron chi connectivity index (χ1n) is 5.94. The number of amides is 1. The smallest absolute Gasteiger partial charge is 0.296 e. The minimum Gasteiger partial charge on any atom is -0.494 e. The summed E-state index contributed by atoms with van der Waals surface area (Å²) in [5.74, 6) is 0.129. The molecule has 2 N–H and O–H groups in total. The van der Waals surface area contributed by atoms with Gasteiger partial charge in [0.1, 0.15) is 11.4 Å². The molecule has 0 radical (unpaired) electrons. The zero-order valence-electron chi connectivity index (χ0n) is 10.9. The van der Waals surface area contributed by atoms with Crippen LogP contribution in [0.5, 0.6) is 5.75 Å². The molecule has 104 valence electrons. The van der Waals surface area contributed by atoms with E-state index in [0.717, 1.165) is 0 Å². The Kier molecular flexibility index (Phi) is 5.74. The molecule has 19 heavy (non-hydrogen) atoms. The van der Waals surface area contributed by atoms with Crippen molar-refractivity contribution in [2.24, 2.45) is 0 Å². The van der Waals surface area contributed by atoms with Crippen molar-refractivity contribution in [1.82, 2.24) is 5.32 Å². The Bertz CT molecular complexity index is 462. The van der Waals surface area contributed by atoms with Crippen molar-refractivity contribution >= 4 is 17.3 Å². The summed E-state index contributed by atoms with van der Waals surface area (Å²) in [6.45, 7) is 2.72. The van der Waals surface area contributed by atoms with Crippen LogP contribution in [0, 0.1) is 10.1 Å². The molecule has 0 atom stereocenters. The summed E-state index contributed by atoms with van der Waals surface area (Å²) in [7, 11) is 1.73. The van der Waals surface area contributed by atoms with Gasteiger partial charge in [-0.3, -0.25) is 14.9 Å². The first-order chi connectivity index (χ1) is 9.08. The maximum atomic E-state index is 11.6. The molecule has 1 rings (SSSR count). The second-order valence-corrected chi connectivity index (χ2v) is 3.77. The molecule has 0 bridgehead atoms. The highest BCUT2D eigenvalue weighted by atomic mass is 16.6. The summed E-state index contributed by atoms with van der Waals surface area (Å²) in [6, 6.07) is 4.36. The number of rotatable bonds is 7. The third-order valence-electron chi connectivity index (χ3n) is 2.35. The van der Waals surface area contributed by atoms with E-state index in [1.54, 1.807) is 20.0 Å². The van der Waals surface area contributed by atoms with Crippen LogP contribution in [0.25, 0.3) is 0 Å². The predicted octanol–water partition coefficient (Wildman–Crippen LogP) is 1.54. The van der Waals surface area contributed by atoms with Gasteiger partial charge in [-0.1, -0.05) is 0 Å². The monoisotopic (exact) mass is 267 g/mol. The Labute approximate surface area is 111 Å². The second-order valence-electron chi connectivity index (χ2n) is 3.77. The van der Waals surface area contributed by atoms with E-state index in [0.29, 0.717) is 18.9 Å². The number of nitro groups is 1. The van der Waals surface area contributed by atoms with Crippen LogP contribution in [0.3, 0.4) is 0 Å². The average molecular weight is 267 g/mol. The molecular formula is C12H17N3O4. The highest BCUT2D eigenvalue weighted by Gasteiger charge is 2.17. The molecular weight excluding hydrogens is 250 g/mol. The van der Waals surface area contributed by atoms with Gasteiger partial charge >= 0.3 is 0 Å². The number of benzene rings is 1. The Morgan fingerprint density at radius 3 is 2.79 bits per heavy atom. The Morgan fingerprint density at radius 2 is 2.21 bits per heavy atom. The maximum Gasteiger partial charge on any atom is 0.296 e. The zero-order valence-corrected chi connectivity index (χ0v) is 10.9. The van der Waals surface area contributed by atoms with Gasteiger partial charge in [0, 0.05) is 13.0 Å². The number of anilines is 1. The van der Waals surface area contributed by atoms with Gasteiger partial charge in [-0.2, -0.15) is 0 Å². The highest BCUT2D eigenvalue weighted by molar-refractivity contribution is 5.93. The van der Waals surface area contributed by atoms with Gasteiger partial charge in [0.15, 0.2) is 0 Å². The number of carbonyl (C=O) groups excluding carboxylic acids is 1. The Balaban J connectivity index is 2.87. The van der Waals surface area contributed by atoms with Gasteiger partial charge in [0.25, 0.3) is 5.69 Å². The lowest BCUT2D eigenvalue weighted by Crippen LogP contribution is -2.19. The van der Waals surface area contributed by atoms with Crippen LogP contribution in [-0.2, 0) is 4.79 Å². The summed E-state index contributed by atoms with van der Waals surface area (Å²) in [6.07, 6.45) is 0.251. The Hall–Kier alpha value is -2.15. The molecule has 0 aromatic heterocycles. The quantitative estimate of drug-likeness (QED) is 0.577. The van der Waals surface area contributed by atoms with E-state index >= 15 is 0 Å². The van der Waals surface area contributed by atoms with Crippen LogP contribution in [0.15, 0.2) is 18.2 Å². The summed E-state index contributed by atoms with van der Waals surface area (Å²) in [5.41, 5.74) is -0.00156. The molecule has 0 saturated heterocycles. The van der Waals surface area contributed by atoms with Crippen molar-refractivity contribution in [2.75, 3.05) is 25.5 Å². The number of nitrogens with one attached hydrogen (secondary N) is 2. The molecule has 0 spiro atoms. The molecule has 0 aliphatic rings. The van der Waals surface area contributed by atoms with Crippen molar-refractivity contribution in [1.29, 1.82) is 0 Å². The number of hydrogen-bond acceptors (Lipinski definition) is 5. The maximum absolute atomic E-state index is 11.6. The van der Waals surface area contributed by atoms with Crippen molar-refractivity contribution in [2.45, 2.75) is 13.3 Å². The van der Waals surface area contributed by atoms with Gasteiger partial charge in [0.2, 0.25) is 5.91 Å². The third kappa shape index (κ3) is 4.55. The largest absolute Gasteiger partial charge is 0.494 e. The fourth-order valence-corrected chi connectivity index (χ4v) is 1.48. The lowest BCUT2D eigenvalue weighted by Gasteiger charge is -2.08. The molecule has 0 unspecified atom stereocenters. The fraction of sp³-hybridized carbons (Fsp3) is 0.417. The van der Waals surface area contributed by atoms with Crippen LogP contribution < -0.4 is 15.4 Å². The van der Waals surface area contributed by atoms with E-state index in [-0.39, 0.29) is 23.7 Å². The number of hydrogen-bond donors (Lipinski definition) is 2. The van der Waals surface area contributed by atoms with Gasteiger partial charge < -0.3 is 15.4 Å². The molecule has 0 aliphatic heterocycles. The van der Waals surface area contributed by atoms with E-state index in [4.69, 9.17) is 4.74 Å². The molecule has 7 heteroatoms. The van der Waals surface area contributed by atoms with Gasteiger partial charge in [-0.05, 0) is 26.1 Å². The second kappa shape index (κ2) is 7.32. The standard InChI is InChI=1S/C12H17N3O4/c1-3-19-9-4-5-10(11(8-9)15(17)18)14-12(16)6-7-13-2/h4-5,8,13H,3,6-7H2,1-2H3,(H,14,16). The van der Waals surface area contributed by atoms with Crippen molar-refractivity contribution in [3.63, 3.8) is 0 Å². The minimum absolute atomic E-state index is 0.176. The lowest BCUT2D eigenvalue weighted by molar-refractivity contribution is -0.384. The normalized spacial score (nSPS) is 10.0. The molecule has 1 aromatic carbocycles. The number of ether oxygens (including phenoxy) is 1. The van der Waals surface area contributed by atoms with Crippen molar-refractivity contribution in [3.05, 3.63) is 28.3 Å². The van der Waals surface area contributed by atoms with E-state index in [2.05, 4.69) is 10.6 Å². The third-order valence-corrected chi connectivity index (χ3v) is 2.35. The van der Waals surface area contributed by atoms with Crippen molar-refractivity contribution in [3.8, 4) is 5.75 Å². The molecule has 0 heterocycles. The molecule has 7 nitrogen and oxygen atoms in total. The predicted molar refractivity (Wildman–Crippen MR) is 71.4 cm³/mol. The van der Waals surface area contributed by atoms with E-state index < -0.39 is 4.92 Å². The summed E-state index contributed by atoms with van der Waals surface area (Å²) < 4.78 is 5.19. The number of carbonyl (C=O) groups is 1. The van der Waals surface area contributed by atoms with Gasteiger partial charge in [-0.25, -0.2) is 0 Å². The van der Waals surface area contributed by atoms with E-state index in [1.807, 2.05) is 0 Å². The number of nitro benzene ring substituents is 1. The van der Waals surface area contributed by atoms with Gasteiger partial charge in [-0.15, -0.1) is 0 Å². The average Bonchev–Trinajstić information content (AvgIpc) is 2.38. The Morgan fingerprint density at radius 1 is 1.47 bits per heavy atom. The van der Waals surface area contributed by atoms with Crippen LogP contribution in [0.2, 0.25) is 0 Å². The van der Waals surface area contributed by atoms with Crippen LogP contribution in [0.1, 0.15) is 13.3 Å². The molecule has 0 fully saturated rings. The SMILES string of the molecule is CCOc1ccc(NC(=O)CCNC)c([N+](=O)[O-])c1. The summed E-state index contributed by atoms with van der Waals surface area (Å²) >= 11 is 0. The minimum atomic E-state index is -0.545. The summed E-state index contributed by atoms with van der Waals surface area (Å²) in [4.78, 5) is 22.0. The van der Waals surface area contributed by atoms with Gasteiger partial charge in [0.05, 0.1) is 17.6 Å². The molecule has 1 aromatic rings. The zero-order chi connectivity index (χ0) is 14.3. The van der Waals surface area contributed by atoms with E-state index in [1.165, 1.54) is 12.1 Å². The van der Waals surface area contributed by atoms with Crippen LogP contribution in [-0.4, -0.2) is 31.0 Å².